The second kappa shape index (κ2) is 8.08. The van der Waals surface area contributed by atoms with Crippen LogP contribution in [0.2, 0.25) is 5.02 Å². The van der Waals surface area contributed by atoms with Crippen molar-refractivity contribution in [3.63, 3.8) is 0 Å². The predicted octanol–water partition coefficient (Wildman–Crippen LogP) is 2.70. The molecule has 1 aliphatic heterocycles. The van der Waals surface area contributed by atoms with Crippen molar-refractivity contribution < 1.29 is 19.1 Å². The van der Waals surface area contributed by atoms with Gasteiger partial charge in [-0.2, -0.15) is 0 Å². The summed E-state index contributed by atoms with van der Waals surface area (Å²) in [5.74, 6) is -1.05. The molecule has 0 spiro atoms. The van der Waals surface area contributed by atoms with E-state index in [2.05, 4.69) is 9.97 Å². The van der Waals surface area contributed by atoms with E-state index in [-0.39, 0.29) is 49.2 Å². The van der Waals surface area contributed by atoms with E-state index in [4.69, 9.17) is 16.3 Å². The number of hydrogen-bond acceptors (Lipinski definition) is 6. The summed E-state index contributed by atoms with van der Waals surface area (Å²) in [5.41, 5.74) is 0.796. The number of H-pyrrole nitrogens is 1. The Balaban J connectivity index is 1.31. The van der Waals surface area contributed by atoms with Crippen LogP contribution >= 0.6 is 11.6 Å². The maximum absolute atomic E-state index is 12.3. The molecule has 0 saturated heterocycles. The predicted molar refractivity (Wildman–Crippen MR) is 108 cm³/mol. The van der Waals surface area contributed by atoms with E-state index in [1.165, 1.54) is 0 Å². The lowest BCUT2D eigenvalue weighted by atomic mass is 10.1. The molecule has 8 nitrogen and oxygen atoms in total. The molecular weight excluding hydrogens is 410 g/mol. The Morgan fingerprint density at radius 3 is 2.47 bits per heavy atom. The molecule has 1 N–H and O–H groups in total. The first kappa shape index (κ1) is 19.8. The summed E-state index contributed by atoms with van der Waals surface area (Å²) < 4.78 is 5.15. The largest absolute Gasteiger partial charge is 0.458 e. The molecule has 30 heavy (non-hydrogen) atoms. The molecule has 1 aliphatic rings. The fourth-order valence-corrected chi connectivity index (χ4v) is 3.44. The molecule has 0 fully saturated rings. The summed E-state index contributed by atoms with van der Waals surface area (Å²) in [4.78, 5) is 56.6. The first-order valence-corrected chi connectivity index (χ1v) is 9.61. The average molecular weight is 426 g/mol. The van der Waals surface area contributed by atoms with Crippen molar-refractivity contribution in [2.45, 2.75) is 19.4 Å². The van der Waals surface area contributed by atoms with Crippen LogP contribution in [0.5, 0.6) is 0 Å². The van der Waals surface area contributed by atoms with Crippen LogP contribution in [0.4, 0.5) is 0 Å². The Labute approximate surface area is 175 Å². The molecule has 0 unspecified atom stereocenters. The van der Waals surface area contributed by atoms with E-state index in [0.717, 1.165) is 4.90 Å². The molecule has 0 bridgehead atoms. The second-order valence-electron chi connectivity index (χ2n) is 6.75. The molecule has 0 saturated carbocycles. The van der Waals surface area contributed by atoms with Gasteiger partial charge in [0.1, 0.15) is 12.4 Å². The third-order valence-corrected chi connectivity index (χ3v) is 4.96. The number of hydrogen-bond donors (Lipinski definition) is 1. The lowest BCUT2D eigenvalue weighted by molar-refractivity contribution is -0.145. The summed E-state index contributed by atoms with van der Waals surface area (Å²) >= 11 is 5.92. The molecule has 9 heteroatoms. The molecule has 0 atom stereocenters. The van der Waals surface area contributed by atoms with Crippen molar-refractivity contribution in [2.75, 3.05) is 6.54 Å². The van der Waals surface area contributed by atoms with Crippen molar-refractivity contribution in [1.29, 1.82) is 0 Å². The normalized spacial score (nSPS) is 13.0. The van der Waals surface area contributed by atoms with Gasteiger partial charge in [-0.05, 0) is 36.8 Å². The molecular formula is C21H16ClN3O5. The lowest BCUT2D eigenvalue weighted by Crippen LogP contribution is -2.31. The highest BCUT2D eigenvalue weighted by atomic mass is 35.5. The number of nitrogens with zero attached hydrogens (tertiary/aromatic N) is 2. The quantitative estimate of drug-likeness (QED) is 0.480. The summed E-state index contributed by atoms with van der Waals surface area (Å²) in [6.07, 6.45) is 0.276. The van der Waals surface area contributed by atoms with Crippen molar-refractivity contribution in [3.05, 3.63) is 74.8 Å². The standard InChI is InChI=1S/C21H16ClN3O5/c22-12-7-8-15-16(10-12)23-17(24-19(15)27)11-30-18(26)6-3-9-25-20(28)13-4-1-2-5-14(13)21(25)29/h1-2,4-5,7-8,10H,3,6,9,11H2,(H,23,24,27). The number of imide groups is 1. The summed E-state index contributed by atoms with van der Waals surface area (Å²) in [6, 6.07) is 11.3. The highest BCUT2D eigenvalue weighted by Gasteiger charge is 2.34. The average Bonchev–Trinajstić information content (AvgIpc) is 2.97. The van der Waals surface area contributed by atoms with Gasteiger partial charge in [0.25, 0.3) is 17.4 Å². The van der Waals surface area contributed by atoms with Crippen LogP contribution < -0.4 is 5.56 Å². The van der Waals surface area contributed by atoms with E-state index < -0.39 is 5.97 Å². The SMILES string of the molecule is O=C(CCCN1C(=O)c2ccccc2C1=O)OCc1nc2cc(Cl)ccc2c(=O)[nH]1. The molecule has 1 aromatic heterocycles. The molecule has 4 rings (SSSR count). The van der Waals surface area contributed by atoms with E-state index in [1.54, 1.807) is 42.5 Å². The van der Waals surface area contributed by atoms with Crippen LogP contribution in [0.25, 0.3) is 10.9 Å². The zero-order valence-electron chi connectivity index (χ0n) is 15.7. The van der Waals surface area contributed by atoms with Gasteiger partial charge in [0.2, 0.25) is 0 Å². The van der Waals surface area contributed by atoms with Crippen molar-refractivity contribution in [2.24, 2.45) is 0 Å². The fraction of sp³-hybridized carbons (Fsp3) is 0.190. The van der Waals surface area contributed by atoms with Gasteiger partial charge in [-0.3, -0.25) is 24.1 Å². The number of ether oxygens (including phenoxy) is 1. The summed E-state index contributed by atoms with van der Waals surface area (Å²) in [6.45, 7) is -0.0887. The van der Waals surface area contributed by atoms with E-state index in [9.17, 15) is 19.2 Å². The van der Waals surface area contributed by atoms with Gasteiger partial charge in [0, 0.05) is 18.0 Å². The maximum Gasteiger partial charge on any atom is 0.306 e. The first-order valence-electron chi connectivity index (χ1n) is 9.23. The van der Waals surface area contributed by atoms with Gasteiger partial charge in [-0.1, -0.05) is 23.7 Å². The van der Waals surface area contributed by atoms with Gasteiger partial charge in [0.15, 0.2) is 0 Å². The van der Waals surface area contributed by atoms with Gasteiger partial charge < -0.3 is 9.72 Å². The molecule has 3 aromatic rings. The number of esters is 1. The van der Waals surface area contributed by atoms with Crippen LogP contribution in [0, 0.1) is 0 Å². The van der Waals surface area contributed by atoms with E-state index in [0.29, 0.717) is 27.1 Å². The van der Waals surface area contributed by atoms with Crippen LogP contribution in [0.15, 0.2) is 47.3 Å². The third kappa shape index (κ3) is 3.81. The molecule has 0 aliphatic carbocycles. The summed E-state index contributed by atoms with van der Waals surface area (Å²) in [7, 11) is 0. The number of aromatic amines is 1. The molecule has 0 radical (unpaired) electrons. The van der Waals surface area contributed by atoms with E-state index >= 15 is 0 Å². The number of benzene rings is 2. The minimum absolute atomic E-state index is 0.0110. The Bertz CT molecular complexity index is 1200. The second-order valence-corrected chi connectivity index (χ2v) is 7.18. The fourth-order valence-electron chi connectivity index (χ4n) is 3.27. The number of aromatic nitrogens is 2. The Morgan fingerprint density at radius 2 is 1.77 bits per heavy atom. The topological polar surface area (TPSA) is 109 Å². The number of halogens is 1. The molecule has 2 aromatic carbocycles. The number of carbonyl (C=O) groups excluding carboxylic acids is 3. The lowest BCUT2D eigenvalue weighted by Gasteiger charge is -2.13. The molecule has 2 heterocycles. The highest BCUT2D eigenvalue weighted by molar-refractivity contribution is 6.31. The van der Waals surface area contributed by atoms with Crippen molar-refractivity contribution in [3.8, 4) is 0 Å². The maximum atomic E-state index is 12.3. The van der Waals surface area contributed by atoms with Gasteiger partial charge in [-0.15, -0.1) is 0 Å². The van der Waals surface area contributed by atoms with Crippen molar-refractivity contribution >= 4 is 40.3 Å². The number of carbonyl (C=O) groups is 3. The Hall–Kier alpha value is -3.52. The highest BCUT2D eigenvalue weighted by Crippen LogP contribution is 2.22. The minimum Gasteiger partial charge on any atom is -0.458 e. The van der Waals surface area contributed by atoms with Crippen LogP contribution in [0.1, 0.15) is 39.4 Å². The zero-order valence-corrected chi connectivity index (χ0v) is 16.4. The van der Waals surface area contributed by atoms with Crippen LogP contribution in [-0.4, -0.2) is 39.2 Å². The van der Waals surface area contributed by atoms with E-state index in [1.807, 2.05) is 0 Å². The third-order valence-electron chi connectivity index (χ3n) is 4.73. The number of nitrogens with one attached hydrogen (secondary N) is 1. The zero-order chi connectivity index (χ0) is 21.3. The van der Waals surface area contributed by atoms with Crippen LogP contribution in [-0.2, 0) is 16.1 Å². The van der Waals surface area contributed by atoms with Gasteiger partial charge in [-0.25, -0.2) is 4.98 Å². The van der Waals surface area contributed by atoms with Gasteiger partial charge >= 0.3 is 5.97 Å². The minimum atomic E-state index is -0.527. The van der Waals surface area contributed by atoms with Gasteiger partial charge in [0.05, 0.1) is 22.0 Å². The van der Waals surface area contributed by atoms with Crippen molar-refractivity contribution in [1.82, 2.24) is 14.9 Å². The van der Waals surface area contributed by atoms with Crippen LogP contribution in [0.3, 0.4) is 0 Å². The number of fused-ring (bicyclic) bond motifs is 2. The smallest absolute Gasteiger partial charge is 0.306 e. The number of rotatable bonds is 6. The number of amides is 2. The Kier molecular flexibility index (Phi) is 5.33. The first-order chi connectivity index (χ1) is 14.4. The Morgan fingerprint density at radius 1 is 1.07 bits per heavy atom. The molecule has 152 valence electrons. The summed E-state index contributed by atoms with van der Waals surface area (Å²) in [5, 5.41) is 0.826. The molecule has 2 amide bonds. The monoisotopic (exact) mass is 425 g/mol.